The highest BCUT2D eigenvalue weighted by Crippen LogP contribution is 2.27. The van der Waals surface area contributed by atoms with Gasteiger partial charge in [-0.1, -0.05) is 17.7 Å². The van der Waals surface area contributed by atoms with Gasteiger partial charge < -0.3 is 9.88 Å². The topological polar surface area (TPSA) is 51.1 Å². The highest BCUT2D eigenvalue weighted by molar-refractivity contribution is 7.99. The summed E-state index contributed by atoms with van der Waals surface area (Å²) in [4.78, 5) is 24.5. The number of aromatic nitrogens is 1. The number of hydrogen-bond acceptors (Lipinski definition) is 3. The fourth-order valence-corrected chi connectivity index (χ4v) is 2.80. The summed E-state index contributed by atoms with van der Waals surface area (Å²) in [6.45, 7) is 1.90. The Morgan fingerprint density at radius 3 is 2.48 bits per heavy atom. The molecule has 2 rings (SSSR count). The maximum Gasteiger partial charge on any atom is 0.417 e. The summed E-state index contributed by atoms with van der Waals surface area (Å²) in [6.07, 6.45) is -3.90. The van der Waals surface area contributed by atoms with Gasteiger partial charge in [0.1, 0.15) is 6.54 Å². The van der Waals surface area contributed by atoms with Gasteiger partial charge in [0.05, 0.1) is 5.56 Å². The Hall–Kier alpha value is -2.22. The van der Waals surface area contributed by atoms with E-state index in [-0.39, 0.29) is 0 Å². The van der Waals surface area contributed by atoms with E-state index in [4.69, 9.17) is 0 Å². The molecule has 25 heavy (non-hydrogen) atoms. The summed E-state index contributed by atoms with van der Waals surface area (Å²) in [5, 5.41) is 2.60. The van der Waals surface area contributed by atoms with Gasteiger partial charge in [0.25, 0.3) is 5.56 Å². The van der Waals surface area contributed by atoms with Gasteiger partial charge in [-0.15, -0.1) is 11.8 Å². The molecule has 0 atom stereocenters. The third-order valence-electron chi connectivity index (χ3n) is 3.34. The Morgan fingerprint density at radius 1 is 1.16 bits per heavy atom. The molecule has 1 amide bonds. The molecule has 1 aromatic carbocycles. The molecule has 4 nitrogen and oxygen atoms in total. The highest BCUT2D eigenvalue weighted by Gasteiger charge is 2.31. The first-order valence-corrected chi connectivity index (χ1v) is 8.48. The van der Waals surface area contributed by atoms with Crippen LogP contribution in [-0.4, -0.2) is 22.8 Å². The van der Waals surface area contributed by atoms with Crippen LogP contribution in [0.5, 0.6) is 0 Å². The molecule has 134 valence electrons. The molecule has 0 unspecified atom stereocenters. The molecule has 0 bridgehead atoms. The van der Waals surface area contributed by atoms with Crippen LogP contribution in [0, 0.1) is 6.92 Å². The largest absolute Gasteiger partial charge is 0.417 e. The Labute approximate surface area is 147 Å². The lowest BCUT2D eigenvalue weighted by Crippen LogP contribution is -2.33. The Morgan fingerprint density at radius 2 is 1.84 bits per heavy atom. The van der Waals surface area contributed by atoms with E-state index in [0.717, 1.165) is 21.1 Å². The first kappa shape index (κ1) is 19.1. The molecule has 0 aliphatic rings. The molecule has 1 aromatic heterocycles. The third-order valence-corrected chi connectivity index (χ3v) is 4.35. The number of rotatable bonds is 6. The smallest absolute Gasteiger partial charge is 0.354 e. The lowest BCUT2D eigenvalue weighted by molar-refractivity contribution is -0.138. The minimum atomic E-state index is -4.56. The van der Waals surface area contributed by atoms with Gasteiger partial charge in [-0.2, -0.15) is 13.2 Å². The second kappa shape index (κ2) is 8.24. The molecular formula is C17H17F3N2O2S. The van der Waals surface area contributed by atoms with E-state index in [0.29, 0.717) is 24.6 Å². The van der Waals surface area contributed by atoms with Gasteiger partial charge in [0, 0.05) is 29.5 Å². The van der Waals surface area contributed by atoms with Crippen LogP contribution in [0.4, 0.5) is 13.2 Å². The van der Waals surface area contributed by atoms with Crippen LogP contribution in [0.25, 0.3) is 0 Å². The lowest BCUT2D eigenvalue weighted by Gasteiger charge is -2.11. The quantitative estimate of drug-likeness (QED) is 0.628. The molecule has 0 saturated carbocycles. The van der Waals surface area contributed by atoms with Crippen molar-refractivity contribution in [3.05, 3.63) is 64.1 Å². The molecule has 0 saturated heterocycles. The number of amides is 1. The van der Waals surface area contributed by atoms with Crippen LogP contribution >= 0.6 is 11.8 Å². The van der Waals surface area contributed by atoms with E-state index < -0.39 is 29.8 Å². The van der Waals surface area contributed by atoms with Crippen molar-refractivity contribution in [1.29, 1.82) is 0 Å². The van der Waals surface area contributed by atoms with Crippen molar-refractivity contribution in [3.8, 4) is 0 Å². The Bertz CT molecular complexity index is 786. The summed E-state index contributed by atoms with van der Waals surface area (Å²) in [7, 11) is 0. The number of hydrogen-bond donors (Lipinski definition) is 1. The second-order valence-corrected chi connectivity index (χ2v) is 6.56. The summed E-state index contributed by atoms with van der Waals surface area (Å²) in [5.74, 6) is 0.109. The van der Waals surface area contributed by atoms with Crippen molar-refractivity contribution < 1.29 is 18.0 Å². The zero-order valence-electron chi connectivity index (χ0n) is 13.5. The lowest BCUT2D eigenvalue weighted by atomic mass is 10.2. The van der Waals surface area contributed by atoms with Crippen molar-refractivity contribution in [3.63, 3.8) is 0 Å². The van der Waals surface area contributed by atoms with Gasteiger partial charge >= 0.3 is 6.18 Å². The molecule has 1 N–H and O–H groups in total. The van der Waals surface area contributed by atoms with Gasteiger partial charge in [-0.3, -0.25) is 9.59 Å². The van der Waals surface area contributed by atoms with Crippen molar-refractivity contribution in [2.75, 3.05) is 12.3 Å². The normalized spacial score (nSPS) is 11.4. The van der Waals surface area contributed by atoms with E-state index in [1.54, 1.807) is 11.8 Å². The van der Waals surface area contributed by atoms with Crippen LogP contribution < -0.4 is 10.9 Å². The highest BCUT2D eigenvalue weighted by atomic mass is 32.2. The van der Waals surface area contributed by atoms with E-state index in [1.807, 2.05) is 31.2 Å². The number of aryl methyl sites for hydroxylation is 1. The van der Waals surface area contributed by atoms with E-state index in [1.165, 1.54) is 0 Å². The second-order valence-electron chi connectivity index (χ2n) is 5.39. The number of thioether (sulfide) groups is 1. The molecule has 1 heterocycles. The fourth-order valence-electron chi connectivity index (χ4n) is 2.03. The van der Waals surface area contributed by atoms with E-state index in [9.17, 15) is 22.8 Å². The maximum absolute atomic E-state index is 12.7. The fraction of sp³-hybridized carbons (Fsp3) is 0.294. The molecule has 0 radical (unpaired) electrons. The number of pyridine rings is 1. The van der Waals surface area contributed by atoms with Crippen molar-refractivity contribution in [2.24, 2.45) is 0 Å². The van der Waals surface area contributed by atoms with Crippen LogP contribution in [0.1, 0.15) is 11.1 Å². The van der Waals surface area contributed by atoms with E-state index >= 15 is 0 Å². The van der Waals surface area contributed by atoms with Crippen LogP contribution in [0.2, 0.25) is 0 Å². The van der Waals surface area contributed by atoms with Gasteiger partial charge in [-0.25, -0.2) is 0 Å². The van der Waals surface area contributed by atoms with Crippen LogP contribution in [-0.2, 0) is 17.5 Å². The number of nitrogens with one attached hydrogen (secondary N) is 1. The van der Waals surface area contributed by atoms with Gasteiger partial charge in [-0.05, 0) is 25.1 Å². The zero-order chi connectivity index (χ0) is 18.4. The summed E-state index contributed by atoms with van der Waals surface area (Å²) >= 11 is 1.55. The van der Waals surface area contributed by atoms with Gasteiger partial charge in [0.15, 0.2) is 0 Å². The average Bonchev–Trinajstić information content (AvgIpc) is 2.54. The molecule has 0 aliphatic heterocycles. The number of halogens is 3. The molecular weight excluding hydrogens is 353 g/mol. The molecule has 2 aromatic rings. The first-order chi connectivity index (χ1) is 11.8. The number of benzene rings is 1. The first-order valence-electron chi connectivity index (χ1n) is 7.49. The number of nitrogens with zero attached hydrogens (tertiary/aromatic N) is 1. The minimum Gasteiger partial charge on any atom is -0.354 e. The van der Waals surface area contributed by atoms with Crippen LogP contribution in [0.3, 0.4) is 0 Å². The zero-order valence-corrected chi connectivity index (χ0v) is 14.3. The maximum atomic E-state index is 12.7. The molecule has 8 heteroatoms. The summed E-state index contributed by atoms with van der Waals surface area (Å²) < 4.78 is 38.7. The number of carbonyl (C=O) groups is 1. The minimum absolute atomic E-state index is 0.352. The average molecular weight is 370 g/mol. The monoisotopic (exact) mass is 370 g/mol. The van der Waals surface area contributed by atoms with Crippen LogP contribution in [0.15, 0.2) is 52.3 Å². The van der Waals surface area contributed by atoms with Crippen molar-refractivity contribution in [2.45, 2.75) is 24.5 Å². The van der Waals surface area contributed by atoms with Gasteiger partial charge in [0.2, 0.25) is 5.91 Å². The standard InChI is InChI=1S/C17H17F3N2O2S/c1-12-2-5-14(6-3-12)25-9-8-21-15(23)11-22-10-13(17(18,19)20)4-7-16(22)24/h2-7,10H,8-9,11H2,1H3,(H,21,23). The summed E-state index contributed by atoms with van der Waals surface area (Å²) in [5.41, 5.74) is -0.462. The predicted molar refractivity (Wildman–Crippen MR) is 90.6 cm³/mol. The van der Waals surface area contributed by atoms with Crippen molar-refractivity contribution >= 4 is 17.7 Å². The molecule has 0 spiro atoms. The third kappa shape index (κ3) is 5.97. The molecule has 0 aliphatic carbocycles. The number of carbonyl (C=O) groups excluding carboxylic acids is 1. The predicted octanol–water partition coefficient (Wildman–Crippen LogP) is 3.08. The summed E-state index contributed by atoms with van der Waals surface area (Å²) in [6, 6.07) is 9.44. The van der Waals surface area contributed by atoms with E-state index in [2.05, 4.69) is 5.32 Å². The molecule has 0 fully saturated rings. The van der Waals surface area contributed by atoms with Crippen molar-refractivity contribution in [1.82, 2.24) is 9.88 Å². The Kier molecular flexibility index (Phi) is 6.30. The Balaban J connectivity index is 1.84. The SMILES string of the molecule is Cc1ccc(SCCNC(=O)Cn2cc(C(F)(F)F)ccc2=O)cc1. The number of alkyl halides is 3.